The largest absolute Gasteiger partial charge is 0.365 e. The van der Waals surface area contributed by atoms with Gasteiger partial charge in [0.1, 0.15) is 17.9 Å². The second-order valence-electron chi connectivity index (χ2n) is 5.75. The molecule has 0 radical (unpaired) electrons. The third-order valence-electron chi connectivity index (χ3n) is 3.92. The number of hydrazine groups is 1. The molecule has 2 aromatic heterocycles. The molecule has 2 heterocycles. The van der Waals surface area contributed by atoms with Crippen LogP contribution in [0.15, 0.2) is 35.8 Å². The molecule has 8 nitrogen and oxygen atoms in total. The molecule has 26 heavy (non-hydrogen) atoms. The summed E-state index contributed by atoms with van der Waals surface area (Å²) in [4.78, 5) is 31.1. The zero-order valence-electron chi connectivity index (χ0n) is 14.0. The van der Waals surface area contributed by atoms with Crippen LogP contribution in [-0.2, 0) is 4.79 Å². The van der Waals surface area contributed by atoms with Crippen molar-refractivity contribution in [1.29, 1.82) is 0 Å². The van der Waals surface area contributed by atoms with Crippen molar-refractivity contribution in [2.24, 2.45) is 11.6 Å². The van der Waals surface area contributed by atoms with Gasteiger partial charge in [-0.25, -0.2) is 15.8 Å². The molecule has 5 N–H and O–H groups in total. The standard InChI is InChI=1S/C17H18N6O2S/c1-10(6-7-24)23(19)15-5-3-12(16(18)25)17(22-15)21-11-2-4-13-14(8-11)26-9-20-13/h2-5,7-10H,6,19H2,1H3,(H2,18,25)(H,21,22). The van der Waals surface area contributed by atoms with Gasteiger partial charge in [-0.3, -0.25) is 9.80 Å². The molecule has 1 aromatic carbocycles. The predicted molar refractivity (Wildman–Crippen MR) is 102 cm³/mol. The predicted octanol–water partition coefficient (Wildman–Crippen LogP) is 2.19. The third kappa shape index (κ3) is 3.63. The molecule has 1 unspecified atom stereocenters. The number of hydrogen-bond donors (Lipinski definition) is 3. The van der Waals surface area contributed by atoms with E-state index in [-0.39, 0.29) is 18.0 Å². The first-order valence-electron chi connectivity index (χ1n) is 7.88. The number of anilines is 3. The van der Waals surface area contributed by atoms with Crippen LogP contribution >= 0.6 is 11.3 Å². The summed E-state index contributed by atoms with van der Waals surface area (Å²) in [5, 5.41) is 4.50. The van der Waals surface area contributed by atoms with Crippen LogP contribution in [0.25, 0.3) is 10.2 Å². The summed E-state index contributed by atoms with van der Waals surface area (Å²) in [7, 11) is 0. The van der Waals surface area contributed by atoms with Gasteiger partial charge in [0, 0.05) is 12.1 Å². The average Bonchev–Trinajstić information content (AvgIpc) is 3.08. The molecule has 0 aliphatic carbocycles. The monoisotopic (exact) mass is 370 g/mol. The fourth-order valence-corrected chi connectivity index (χ4v) is 3.15. The molecule has 0 spiro atoms. The van der Waals surface area contributed by atoms with Crippen molar-refractivity contribution in [2.75, 3.05) is 10.3 Å². The molecule has 134 valence electrons. The molecule has 0 bridgehead atoms. The van der Waals surface area contributed by atoms with Crippen molar-refractivity contribution >= 4 is 51.1 Å². The number of carbonyl (C=O) groups is 2. The third-order valence-corrected chi connectivity index (χ3v) is 4.71. The molecule has 1 amide bonds. The van der Waals surface area contributed by atoms with Crippen LogP contribution in [0, 0.1) is 0 Å². The molecule has 1 atom stereocenters. The highest BCUT2D eigenvalue weighted by Gasteiger charge is 2.16. The van der Waals surface area contributed by atoms with E-state index in [2.05, 4.69) is 15.3 Å². The van der Waals surface area contributed by atoms with Gasteiger partial charge in [-0.1, -0.05) is 0 Å². The first-order chi connectivity index (χ1) is 12.5. The normalized spacial score (nSPS) is 11.9. The second kappa shape index (κ2) is 7.46. The van der Waals surface area contributed by atoms with Crippen molar-refractivity contribution in [1.82, 2.24) is 9.97 Å². The van der Waals surface area contributed by atoms with E-state index in [0.29, 0.717) is 11.6 Å². The number of nitrogens with zero attached hydrogens (tertiary/aromatic N) is 3. The van der Waals surface area contributed by atoms with E-state index < -0.39 is 5.91 Å². The maximum atomic E-state index is 11.7. The molecule has 0 saturated carbocycles. The van der Waals surface area contributed by atoms with Gasteiger partial charge < -0.3 is 15.8 Å². The number of nitrogens with one attached hydrogen (secondary N) is 1. The number of fused-ring (bicyclic) bond motifs is 1. The Kier molecular flexibility index (Phi) is 5.10. The number of benzene rings is 1. The summed E-state index contributed by atoms with van der Waals surface area (Å²) in [6.07, 6.45) is 1.06. The number of rotatable bonds is 7. The molecule has 9 heteroatoms. The number of primary amides is 1. The van der Waals surface area contributed by atoms with Gasteiger partial charge in [0.2, 0.25) is 0 Å². The minimum absolute atomic E-state index is 0.235. The Hall–Kier alpha value is -3.04. The number of aromatic nitrogens is 2. The maximum Gasteiger partial charge on any atom is 0.252 e. The summed E-state index contributed by atoms with van der Waals surface area (Å²) in [6.45, 7) is 1.81. The van der Waals surface area contributed by atoms with Gasteiger partial charge in [0.15, 0.2) is 0 Å². The highest BCUT2D eigenvalue weighted by Crippen LogP contribution is 2.26. The Balaban J connectivity index is 1.95. The topological polar surface area (TPSA) is 127 Å². The summed E-state index contributed by atoms with van der Waals surface area (Å²) >= 11 is 1.52. The number of nitrogens with two attached hydrogens (primary N) is 2. The molecule has 0 fully saturated rings. The number of carbonyl (C=O) groups excluding carboxylic acids is 2. The fourth-order valence-electron chi connectivity index (χ4n) is 2.43. The lowest BCUT2D eigenvalue weighted by Crippen LogP contribution is -2.40. The summed E-state index contributed by atoms with van der Waals surface area (Å²) < 4.78 is 1.01. The van der Waals surface area contributed by atoms with Gasteiger partial charge in [-0.05, 0) is 37.3 Å². The van der Waals surface area contributed by atoms with E-state index in [1.165, 1.54) is 16.3 Å². The first-order valence-corrected chi connectivity index (χ1v) is 8.76. The Bertz CT molecular complexity index is 957. The highest BCUT2D eigenvalue weighted by atomic mass is 32.1. The molecule has 0 aliphatic heterocycles. The van der Waals surface area contributed by atoms with Crippen LogP contribution in [0.3, 0.4) is 0 Å². The highest BCUT2D eigenvalue weighted by molar-refractivity contribution is 7.16. The number of aldehydes is 1. The van der Waals surface area contributed by atoms with Crippen molar-refractivity contribution < 1.29 is 9.59 Å². The van der Waals surface area contributed by atoms with E-state index >= 15 is 0 Å². The van der Waals surface area contributed by atoms with E-state index in [1.54, 1.807) is 17.6 Å². The minimum atomic E-state index is -0.602. The molecule has 0 aliphatic rings. The van der Waals surface area contributed by atoms with E-state index in [4.69, 9.17) is 11.6 Å². The minimum Gasteiger partial charge on any atom is -0.365 e. The average molecular weight is 370 g/mol. The Morgan fingerprint density at radius 2 is 2.19 bits per heavy atom. The molecule has 0 saturated heterocycles. The van der Waals surface area contributed by atoms with Gasteiger partial charge in [-0.2, -0.15) is 0 Å². The van der Waals surface area contributed by atoms with Crippen LogP contribution in [0.1, 0.15) is 23.7 Å². The van der Waals surface area contributed by atoms with E-state index in [1.807, 2.05) is 25.1 Å². The van der Waals surface area contributed by atoms with Crippen molar-refractivity contribution in [3.8, 4) is 0 Å². The quantitative estimate of drug-likeness (QED) is 0.330. The SMILES string of the molecule is CC(CC=O)N(N)c1ccc(C(N)=O)c(Nc2ccc3ncsc3c2)n1. The number of thiazole rings is 1. The Morgan fingerprint density at radius 1 is 1.38 bits per heavy atom. The van der Waals surface area contributed by atoms with Gasteiger partial charge in [0.05, 0.1) is 27.3 Å². The first kappa shape index (κ1) is 17.8. The zero-order chi connectivity index (χ0) is 18.7. The lowest BCUT2D eigenvalue weighted by molar-refractivity contribution is -0.108. The van der Waals surface area contributed by atoms with E-state index in [9.17, 15) is 9.59 Å². The Morgan fingerprint density at radius 3 is 2.92 bits per heavy atom. The smallest absolute Gasteiger partial charge is 0.252 e. The molecular weight excluding hydrogens is 352 g/mol. The number of amides is 1. The summed E-state index contributed by atoms with van der Waals surface area (Å²) in [5.41, 5.74) is 9.11. The number of pyridine rings is 1. The second-order valence-corrected chi connectivity index (χ2v) is 6.63. The lowest BCUT2D eigenvalue weighted by atomic mass is 10.2. The van der Waals surface area contributed by atoms with Gasteiger partial charge >= 0.3 is 0 Å². The number of hydrogen-bond acceptors (Lipinski definition) is 8. The summed E-state index contributed by atoms with van der Waals surface area (Å²) in [6, 6.07) is 8.56. The molecule has 3 rings (SSSR count). The van der Waals surface area contributed by atoms with Gasteiger partial charge in [-0.15, -0.1) is 11.3 Å². The van der Waals surface area contributed by atoms with Crippen LogP contribution in [0.2, 0.25) is 0 Å². The van der Waals surface area contributed by atoms with Crippen LogP contribution in [0.5, 0.6) is 0 Å². The van der Waals surface area contributed by atoms with E-state index in [0.717, 1.165) is 22.2 Å². The maximum absolute atomic E-state index is 11.7. The van der Waals surface area contributed by atoms with Crippen molar-refractivity contribution in [2.45, 2.75) is 19.4 Å². The Labute approximate surface area is 153 Å². The lowest BCUT2D eigenvalue weighted by Gasteiger charge is -2.24. The molecular formula is C17H18N6O2S. The van der Waals surface area contributed by atoms with Crippen LogP contribution in [0.4, 0.5) is 17.3 Å². The van der Waals surface area contributed by atoms with Crippen LogP contribution in [-0.4, -0.2) is 28.2 Å². The molecule has 3 aromatic rings. The van der Waals surface area contributed by atoms with Crippen molar-refractivity contribution in [3.63, 3.8) is 0 Å². The summed E-state index contributed by atoms with van der Waals surface area (Å²) in [5.74, 6) is 6.15. The fraction of sp³-hybridized carbons (Fsp3) is 0.176. The van der Waals surface area contributed by atoms with Gasteiger partial charge in [0.25, 0.3) is 5.91 Å². The zero-order valence-corrected chi connectivity index (χ0v) is 14.9. The van der Waals surface area contributed by atoms with Crippen LogP contribution < -0.4 is 21.9 Å². The van der Waals surface area contributed by atoms with Crippen molar-refractivity contribution in [3.05, 3.63) is 41.4 Å².